The largest absolute Gasteiger partial charge is 0.444 e. The van der Waals surface area contributed by atoms with E-state index in [1.165, 1.54) is 11.0 Å². The third kappa shape index (κ3) is 6.11. The third-order valence-electron chi connectivity index (χ3n) is 6.07. The van der Waals surface area contributed by atoms with Crippen molar-refractivity contribution in [3.05, 3.63) is 28.3 Å². The first-order valence-corrected chi connectivity index (χ1v) is 11.4. The Labute approximate surface area is 189 Å². The Bertz CT molecular complexity index is 854. The molecule has 0 radical (unpaired) electrons. The highest BCUT2D eigenvalue weighted by molar-refractivity contribution is 5.95. The number of nitro benzene ring substituents is 1. The number of rotatable bonds is 6. The molecule has 1 aromatic rings. The maximum absolute atomic E-state index is 12.8. The van der Waals surface area contributed by atoms with E-state index in [0.717, 1.165) is 32.1 Å². The van der Waals surface area contributed by atoms with Gasteiger partial charge in [-0.15, -0.1) is 0 Å². The van der Waals surface area contributed by atoms with Gasteiger partial charge in [0.1, 0.15) is 11.3 Å². The number of alkyl carbamates (subject to hydrolysis) is 1. The van der Waals surface area contributed by atoms with Crippen LogP contribution >= 0.6 is 0 Å². The monoisotopic (exact) mass is 446 g/mol. The summed E-state index contributed by atoms with van der Waals surface area (Å²) in [4.78, 5) is 37.5. The molecule has 0 bridgehead atoms. The predicted molar refractivity (Wildman–Crippen MR) is 123 cm³/mol. The zero-order chi connectivity index (χ0) is 23.5. The Morgan fingerprint density at radius 1 is 1.12 bits per heavy atom. The summed E-state index contributed by atoms with van der Waals surface area (Å²) in [5, 5.41) is 17.7. The minimum absolute atomic E-state index is 0.00464. The number of nitro groups is 1. The molecule has 0 spiro atoms. The SMILES string of the molecule is CN(C(=O)C1CCCCC1)c1ccc(N[C@H]2C[C@@H](NC(=O)OC(C)(C)C)C2)c([N+](=O)[O-])c1. The second-order valence-electron chi connectivity index (χ2n) is 9.85. The molecule has 2 fully saturated rings. The van der Waals surface area contributed by atoms with E-state index in [0.29, 0.717) is 24.2 Å². The fourth-order valence-electron chi connectivity index (χ4n) is 4.30. The molecule has 2 aliphatic rings. The highest BCUT2D eigenvalue weighted by atomic mass is 16.6. The van der Waals surface area contributed by atoms with E-state index in [1.807, 2.05) is 0 Å². The van der Waals surface area contributed by atoms with Gasteiger partial charge in [-0.2, -0.15) is 0 Å². The molecular formula is C23H34N4O5. The molecule has 0 aromatic heterocycles. The lowest BCUT2D eigenvalue weighted by molar-refractivity contribution is -0.383. The van der Waals surface area contributed by atoms with Crippen LogP contribution < -0.4 is 15.5 Å². The van der Waals surface area contributed by atoms with Crippen molar-refractivity contribution in [3.63, 3.8) is 0 Å². The molecule has 3 rings (SSSR count). The summed E-state index contributed by atoms with van der Waals surface area (Å²) in [6, 6.07) is 4.84. The van der Waals surface area contributed by atoms with E-state index in [1.54, 1.807) is 40.0 Å². The molecule has 32 heavy (non-hydrogen) atoms. The van der Waals surface area contributed by atoms with Crippen LogP contribution in [0.5, 0.6) is 0 Å². The molecule has 0 atom stereocenters. The van der Waals surface area contributed by atoms with Crippen molar-refractivity contribution in [3.8, 4) is 0 Å². The normalized spacial score (nSPS) is 21.2. The fraction of sp³-hybridized carbons (Fsp3) is 0.652. The molecule has 2 aliphatic carbocycles. The van der Waals surface area contributed by atoms with Crippen molar-refractivity contribution in [2.24, 2.45) is 5.92 Å². The van der Waals surface area contributed by atoms with Crippen LogP contribution in [0.3, 0.4) is 0 Å². The quantitative estimate of drug-likeness (QED) is 0.487. The van der Waals surface area contributed by atoms with E-state index in [4.69, 9.17) is 4.74 Å². The van der Waals surface area contributed by atoms with Crippen LogP contribution in [0.4, 0.5) is 21.9 Å². The van der Waals surface area contributed by atoms with Crippen LogP contribution in [-0.4, -0.2) is 41.7 Å². The number of nitrogens with one attached hydrogen (secondary N) is 2. The number of carbonyl (C=O) groups is 2. The van der Waals surface area contributed by atoms with Crippen LogP contribution in [0.2, 0.25) is 0 Å². The van der Waals surface area contributed by atoms with Crippen LogP contribution in [0.25, 0.3) is 0 Å². The second kappa shape index (κ2) is 9.75. The molecule has 9 nitrogen and oxygen atoms in total. The Hall–Kier alpha value is -2.84. The van der Waals surface area contributed by atoms with Gasteiger partial charge >= 0.3 is 6.09 Å². The van der Waals surface area contributed by atoms with E-state index in [-0.39, 0.29) is 29.6 Å². The predicted octanol–water partition coefficient (Wildman–Crippen LogP) is 4.61. The minimum Gasteiger partial charge on any atom is -0.444 e. The highest BCUT2D eigenvalue weighted by Gasteiger charge is 2.33. The molecule has 0 aliphatic heterocycles. The van der Waals surface area contributed by atoms with Crippen LogP contribution in [0.15, 0.2) is 18.2 Å². The fourth-order valence-corrected chi connectivity index (χ4v) is 4.30. The van der Waals surface area contributed by atoms with Gasteiger partial charge < -0.3 is 20.3 Å². The molecule has 1 aromatic carbocycles. The summed E-state index contributed by atoms with van der Waals surface area (Å²) in [6.07, 6.45) is 5.87. The van der Waals surface area contributed by atoms with E-state index in [2.05, 4.69) is 10.6 Å². The standard InChI is InChI=1S/C23H34N4O5/c1-23(2,3)32-22(29)25-17-12-16(13-17)24-19-11-10-18(14-20(19)27(30)31)26(4)21(28)15-8-6-5-7-9-15/h10-11,14-17,24H,5-9,12-13H2,1-4H3,(H,25,29)/t16-,17+. The first-order chi connectivity index (χ1) is 15.0. The highest BCUT2D eigenvalue weighted by Crippen LogP contribution is 2.34. The summed E-state index contributed by atoms with van der Waals surface area (Å²) in [5.41, 5.74) is 0.322. The maximum atomic E-state index is 12.8. The number of benzene rings is 1. The number of hydrogen-bond acceptors (Lipinski definition) is 6. The van der Waals surface area contributed by atoms with E-state index in [9.17, 15) is 19.7 Å². The summed E-state index contributed by atoms with van der Waals surface area (Å²) in [6.45, 7) is 5.42. The van der Waals surface area contributed by atoms with Gasteiger partial charge in [-0.25, -0.2) is 4.79 Å². The zero-order valence-corrected chi connectivity index (χ0v) is 19.3. The van der Waals surface area contributed by atoms with Crippen LogP contribution in [0.1, 0.15) is 65.7 Å². The number of hydrogen-bond donors (Lipinski definition) is 2. The topological polar surface area (TPSA) is 114 Å². The number of carbonyl (C=O) groups excluding carboxylic acids is 2. The van der Waals surface area contributed by atoms with Crippen molar-refractivity contribution < 1.29 is 19.2 Å². The first-order valence-electron chi connectivity index (χ1n) is 11.4. The average Bonchev–Trinajstić information content (AvgIpc) is 2.70. The second-order valence-corrected chi connectivity index (χ2v) is 9.85. The smallest absolute Gasteiger partial charge is 0.407 e. The Kier molecular flexibility index (Phi) is 7.26. The molecule has 2 N–H and O–H groups in total. The number of amides is 2. The summed E-state index contributed by atoms with van der Waals surface area (Å²) in [7, 11) is 1.68. The molecular weight excluding hydrogens is 412 g/mol. The van der Waals surface area contributed by atoms with Crippen molar-refractivity contribution >= 4 is 29.1 Å². The first kappa shape index (κ1) is 23.8. The van der Waals surface area contributed by atoms with E-state index < -0.39 is 16.6 Å². The van der Waals surface area contributed by atoms with Crippen LogP contribution in [-0.2, 0) is 9.53 Å². The summed E-state index contributed by atoms with van der Waals surface area (Å²) < 4.78 is 5.25. The molecule has 2 amide bonds. The van der Waals surface area contributed by atoms with Gasteiger partial charge in [0.15, 0.2) is 0 Å². The van der Waals surface area contributed by atoms with Crippen molar-refractivity contribution in [1.82, 2.24) is 5.32 Å². The Balaban J connectivity index is 1.59. The molecule has 176 valence electrons. The van der Waals surface area contributed by atoms with Gasteiger partial charge in [-0.1, -0.05) is 19.3 Å². The lowest BCUT2D eigenvalue weighted by Crippen LogP contribution is -2.50. The molecule has 0 heterocycles. The molecule has 0 unspecified atom stereocenters. The van der Waals surface area contributed by atoms with Gasteiger partial charge in [-0.05, 0) is 58.6 Å². The third-order valence-corrected chi connectivity index (χ3v) is 6.07. The average molecular weight is 447 g/mol. The van der Waals surface area contributed by atoms with Gasteiger partial charge in [0.25, 0.3) is 5.69 Å². The Morgan fingerprint density at radius 2 is 1.78 bits per heavy atom. The lowest BCUT2D eigenvalue weighted by atomic mass is 9.86. The zero-order valence-electron chi connectivity index (χ0n) is 19.3. The van der Waals surface area contributed by atoms with Gasteiger partial charge in [0.2, 0.25) is 5.91 Å². The van der Waals surface area contributed by atoms with Gasteiger partial charge in [-0.3, -0.25) is 14.9 Å². The summed E-state index contributed by atoms with van der Waals surface area (Å²) in [5.74, 6) is 0.0183. The molecule has 2 saturated carbocycles. The summed E-state index contributed by atoms with van der Waals surface area (Å²) >= 11 is 0. The van der Waals surface area contributed by atoms with Crippen LogP contribution in [0, 0.1) is 16.0 Å². The number of nitrogens with zero attached hydrogens (tertiary/aromatic N) is 2. The van der Waals surface area contributed by atoms with Crippen molar-refractivity contribution in [1.29, 1.82) is 0 Å². The van der Waals surface area contributed by atoms with Gasteiger partial charge in [0.05, 0.1) is 10.6 Å². The minimum atomic E-state index is -0.556. The number of ether oxygens (including phenoxy) is 1. The Morgan fingerprint density at radius 3 is 2.38 bits per heavy atom. The van der Waals surface area contributed by atoms with Crippen molar-refractivity contribution in [2.45, 2.75) is 83.4 Å². The molecule has 9 heteroatoms. The van der Waals surface area contributed by atoms with Gasteiger partial charge in [0, 0.05) is 31.1 Å². The van der Waals surface area contributed by atoms with Crippen molar-refractivity contribution in [2.75, 3.05) is 17.3 Å². The molecule has 0 saturated heterocycles. The maximum Gasteiger partial charge on any atom is 0.407 e. The lowest BCUT2D eigenvalue weighted by Gasteiger charge is -2.37. The number of anilines is 2. The van der Waals surface area contributed by atoms with E-state index >= 15 is 0 Å².